The molecule has 0 radical (unpaired) electrons. The molecule has 34 heavy (non-hydrogen) atoms. The number of ether oxygens (including phenoxy) is 1. The number of allylic oxidation sites excluding steroid dienone is 1. The number of nitrogens with one attached hydrogen (secondary N) is 1. The van der Waals surface area contributed by atoms with Gasteiger partial charge in [0, 0.05) is 43.4 Å². The summed E-state index contributed by atoms with van der Waals surface area (Å²) < 4.78 is 7.45. The first-order chi connectivity index (χ1) is 16.6. The van der Waals surface area contributed by atoms with Crippen molar-refractivity contribution >= 4 is 28.8 Å². The minimum atomic E-state index is -0.0257. The monoisotopic (exact) mass is 497 g/mol. The molecular weight excluding hydrogens is 466 g/mol. The molecule has 0 atom stereocenters. The first-order valence-corrected chi connectivity index (χ1v) is 13.2. The average molecular weight is 498 g/mol. The van der Waals surface area contributed by atoms with Gasteiger partial charge in [-0.05, 0) is 57.6 Å². The number of carbonyl (C=O) groups excluding carboxylic acids is 1. The maximum atomic E-state index is 13.1. The van der Waals surface area contributed by atoms with E-state index in [-0.39, 0.29) is 5.91 Å². The SMILES string of the molecule is COCCCn1c(-c2csc(-c3ccccc3Cl)n2)cc(C(=O)NCCC2=CCCCC2)c1C. The number of benzene rings is 1. The van der Waals surface area contributed by atoms with Crippen LogP contribution in [0.4, 0.5) is 0 Å². The third-order valence-corrected chi connectivity index (χ3v) is 7.53. The zero-order valence-corrected chi connectivity index (χ0v) is 21.5. The number of aromatic nitrogens is 2. The fourth-order valence-corrected chi connectivity index (χ4v) is 5.59. The van der Waals surface area contributed by atoms with Gasteiger partial charge in [0.1, 0.15) is 5.01 Å². The van der Waals surface area contributed by atoms with Crippen LogP contribution in [0.2, 0.25) is 5.02 Å². The van der Waals surface area contributed by atoms with E-state index >= 15 is 0 Å². The Morgan fingerprint density at radius 2 is 2.15 bits per heavy atom. The lowest BCUT2D eigenvalue weighted by Gasteiger charge is -2.13. The van der Waals surface area contributed by atoms with E-state index < -0.39 is 0 Å². The van der Waals surface area contributed by atoms with E-state index in [9.17, 15) is 4.79 Å². The van der Waals surface area contributed by atoms with Gasteiger partial charge in [-0.2, -0.15) is 0 Å². The van der Waals surface area contributed by atoms with Crippen LogP contribution < -0.4 is 5.32 Å². The molecule has 0 fully saturated rings. The fourth-order valence-electron chi connectivity index (χ4n) is 4.46. The predicted octanol–water partition coefficient (Wildman–Crippen LogP) is 6.90. The first kappa shape index (κ1) is 24.7. The lowest BCUT2D eigenvalue weighted by atomic mass is 9.97. The summed E-state index contributed by atoms with van der Waals surface area (Å²) in [7, 11) is 1.71. The Kier molecular flexibility index (Phi) is 8.59. The number of nitrogens with zero attached hydrogens (tertiary/aromatic N) is 2. The minimum absolute atomic E-state index is 0.0257. The van der Waals surface area contributed by atoms with E-state index in [0.29, 0.717) is 23.7 Å². The summed E-state index contributed by atoms with van der Waals surface area (Å²) in [6, 6.07) is 9.71. The van der Waals surface area contributed by atoms with Crippen molar-refractivity contribution in [2.24, 2.45) is 0 Å². The molecule has 2 aromatic heterocycles. The molecule has 180 valence electrons. The largest absolute Gasteiger partial charge is 0.385 e. The molecule has 1 amide bonds. The van der Waals surface area contributed by atoms with Crippen LogP contribution >= 0.6 is 22.9 Å². The topological polar surface area (TPSA) is 56.2 Å². The van der Waals surface area contributed by atoms with Crippen LogP contribution in [0.1, 0.15) is 54.6 Å². The van der Waals surface area contributed by atoms with Gasteiger partial charge in [0.05, 0.1) is 22.0 Å². The zero-order chi connectivity index (χ0) is 23.9. The molecule has 0 aliphatic heterocycles. The molecule has 0 saturated heterocycles. The van der Waals surface area contributed by atoms with Gasteiger partial charge in [-0.1, -0.05) is 41.4 Å². The smallest absolute Gasteiger partial charge is 0.253 e. The summed E-state index contributed by atoms with van der Waals surface area (Å²) in [5, 5.41) is 6.72. The van der Waals surface area contributed by atoms with Gasteiger partial charge in [0.15, 0.2) is 0 Å². The van der Waals surface area contributed by atoms with Crippen molar-refractivity contribution in [3.63, 3.8) is 0 Å². The lowest BCUT2D eigenvalue weighted by Crippen LogP contribution is -2.25. The molecule has 0 spiro atoms. The second-order valence-electron chi connectivity index (χ2n) is 8.66. The highest BCUT2D eigenvalue weighted by Crippen LogP contribution is 2.34. The van der Waals surface area contributed by atoms with Crippen molar-refractivity contribution in [2.75, 3.05) is 20.3 Å². The van der Waals surface area contributed by atoms with Crippen LogP contribution in [0.15, 0.2) is 47.4 Å². The number of hydrogen-bond acceptors (Lipinski definition) is 4. The standard InChI is InChI=1S/C27H32ClN3O2S/c1-19-22(26(32)29-14-13-20-9-4-3-5-10-20)17-25(31(19)15-8-16-33-2)24-18-34-27(30-24)21-11-6-7-12-23(21)28/h6-7,9,11-12,17-18H,3-5,8,10,13-16H2,1-2H3,(H,29,32). The Hall–Kier alpha value is -2.41. The number of halogens is 1. The van der Waals surface area contributed by atoms with Crippen molar-refractivity contribution in [1.82, 2.24) is 14.9 Å². The molecule has 1 aliphatic rings. The van der Waals surface area contributed by atoms with E-state index in [0.717, 1.165) is 53.5 Å². The lowest BCUT2D eigenvalue weighted by molar-refractivity contribution is 0.0953. The van der Waals surface area contributed by atoms with Crippen molar-refractivity contribution in [2.45, 2.75) is 52.0 Å². The quantitative estimate of drug-likeness (QED) is 0.245. The second-order valence-corrected chi connectivity index (χ2v) is 9.92. The highest BCUT2D eigenvalue weighted by atomic mass is 35.5. The number of methoxy groups -OCH3 is 1. The molecule has 0 bridgehead atoms. The predicted molar refractivity (Wildman–Crippen MR) is 141 cm³/mol. The summed E-state index contributed by atoms with van der Waals surface area (Å²) in [4.78, 5) is 18.0. The average Bonchev–Trinajstić information content (AvgIpc) is 3.45. The van der Waals surface area contributed by atoms with Gasteiger partial charge in [0.25, 0.3) is 5.91 Å². The van der Waals surface area contributed by atoms with E-state index in [2.05, 4.69) is 16.0 Å². The Balaban J connectivity index is 1.56. The minimum Gasteiger partial charge on any atom is -0.385 e. The fraction of sp³-hybridized carbons (Fsp3) is 0.407. The van der Waals surface area contributed by atoms with Gasteiger partial charge in [-0.25, -0.2) is 4.98 Å². The van der Waals surface area contributed by atoms with Crippen LogP contribution in [-0.2, 0) is 11.3 Å². The first-order valence-electron chi connectivity index (χ1n) is 11.9. The van der Waals surface area contributed by atoms with Crippen LogP contribution in [0.25, 0.3) is 22.0 Å². The van der Waals surface area contributed by atoms with Gasteiger partial charge in [-0.3, -0.25) is 4.79 Å². The molecular formula is C27H32ClN3O2S. The Bertz CT molecular complexity index is 1160. The van der Waals surface area contributed by atoms with Crippen molar-refractivity contribution in [3.8, 4) is 22.0 Å². The molecule has 1 aromatic carbocycles. The maximum absolute atomic E-state index is 13.1. The van der Waals surface area contributed by atoms with Gasteiger partial charge in [-0.15, -0.1) is 11.3 Å². The molecule has 4 rings (SSSR count). The van der Waals surface area contributed by atoms with Crippen LogP contribution in [0, 0.1) is 6.92 Å². The molecule has 5 nitrogen and oxygen atoms in total. The third kappa shape index (κ3) is 5.80. The van der Waals surface area contributed by atoms with E-state index in [1.165, 1.54) is 24.8 Å². The van der Waals surface area contributed by atoms with Crippen LogP contribution in [-0.4, -0.2) is 35.7 Å². The van der Waals surface area contributed by atoms with E-state index in [1.54, 1.807) is 18.4 Å². The van der Waals surface area contributed by atoms with E-state index in [4.69, 9.17) is 21.3 Å². The molecule has 2 heterocycles. The highest BCUT2D eigenvalue weighted by Gasteiger charge is 2.20. The van der Waals surface area contributed by atoms with Crippen molar-refractivity contribution in [3.05, 3.63) is 63.6 Å². The normalized spacial score (nSPS) is 13.7. The highest BCUT2D eigenvalue weighted by molar-refractivity contribution is 7.13. The summed E-state index contributed by atoms with van der Waals surface area (Å²) >= 11 is 7.96. The second kappa shape index (κ2) is 11.8. The zero-order valence-electron chi connectivity index (χ0n) is 19.9. The number of hydrogen-bond donors (Lipinski definition) is 1. The van der Waals surface area contributed by atoms with Crippen LogP contribution in [0.5, 0.6) is 0 Å². The molecule has 1 aliphatic carbocycles. The Morgan fingerprint density at radius 3 is 2.91 bits per heavy atom. The van der Waals surface area contributed by atoms with Gasteiger partial charge >= 0.3 is 0 Å². The summed E-state index contributed by atoms with van der Waals surface area (Å²) in [5.74, 6) is -0.0257. The number of thiazole rings is 1. The van der Waals surface area contributed by atoms with Gasteiger partial charge in [0.2, 0.25) is 0 Å². The van der Waals surface area contributed by atoms with Crippen LogP contribution in [0.3, 0.4) is 0 Å². The van der Waals surface area contributed by atoms with Crippen molar-refractivity contribution in [1.29, 1.82) is 0 Å². The van der Waals surface area contributed by atoms with E-state index in [1.807, 2.05) is 42.6 Å². The summed E-state index contributed by atoms with van der Waals surface area (Å²) in [5.41, 5.74) is 5.85. The Morgan fingerprint density at radius 1 is 1.29 bits per heavy atom. The Labute approximate surface area is 210 Å². The summed E-state index contributed by atoms with van der Waals surface area (Å²) in [6.07, 6.45) is 8.99. The number of amides is 1. The number of carbonyl (C=O) groups is 1. The molecule has 0 saturated carbocycles. The molecule has 7 heteroatoms. The molecule has 1 N–H and O–H groups in total. The summed E-state index contributed by atoms with van der Waals surface area (Å²) in [6.45, 7) is 4.10. The van der Waals surface area contributed by atoms with Gasteiger partial charge < -0.3 is 14.6 Å². The number of rotatable bonds is 10. The molecule has 3 aromatic rings. The third-order valence-electron chi connectivity index (χ3n) is 6.33. The van der Waals surface area contributed by atoms with Crippen molar-refractivity contribution < 1.29 is 9.53 Å². The molecule has 0 unspecified atom stereocenters. The maximum Gasteiger partial charge on any atom is 0.253 e.